The molecule has 4 aromatic rings. The fourth-order valence-electron chi connectivity index (χ4n) is 4.49. The number of urea groups is 1. The molecule has 2 N–H and O–H groups in total. The number of nitrogens with zero attached hydrogens (tertiary/aromatic N) is 5. The molecule has 0 spiro atoms. The summed E-state index contributed by atoms with van der Waals surface area (Å²) in [4.78, 5) is 21.5. The standard InChI is InChI=1S/C28H29ClFN7O2/c1-35(2)22-7-9-37(17-22)23-11-19(29)10-21(12-23)34-28(38)33-20-4-5-27(25(30)13-20)39-24-6-8-31-26(14-24)18-15-32-36(3)16-18/h4-6,8,10-16,22H,7,9,17H2,1-3H3,(H2,33,34,38). The van der Waals surface area contributed by atoms with E-state index in [0.717, 1.165) is 30.8 Å². The summed E-state index contributed by atoms with van der Waals surface area (Å²) >= 11 is 6.34. The predicted molar refractivity (Wildman–Crippen MR) is 151 cm³/mol. The number of carbonyl (C=O) groups is 1. The van der Waals surface area contributed by atoms with Crippen LogP contribution in [0, 0.1) is 5.82 Å². The first kappa shape index (κ1) is 26.5. The average Bonchev–Trinajstić information content (AvgIpc) is 3.55. The van der Waals surface area contributed by atoms with Gasteiger partial charge < -0.3 is 25.2 Å². The second-order valence-corrected chi connectivity index (χ2v) is 10.1. The lowest BCUT2D eigenvalue weighted by atomic mass is 10.2. The largest absolute Gasteiger partial charge is 0.454 e. The summed E-state index contributed by atoms with van der Waals surface area (Å²) in [6.45, 7) is 1.80. The molecule has 202 valence electrons. The maximum Gasteiger partial charge on any atom is 0.323 e. The maximum absolute atomic E-state index is 14.9. The lowest BCUT2D eigenvalue weighted by molar-refractivity contribution is 0.262. The average molecular weight is 550 g/mol. The van der Waals surface area contributed by atoms with Crippen molar-refractivity contribution in [2.45, 2.75) is 12.5 Å². The van der Waals surface area contributed by atoms with Crippen molar-refractivity contribution in [1.29, 1.82) is 0 Å². The first-order chi connectivity index (χ1) is 18.7. The van der Waals surface area contributed by atoms with Gasteiger partial charge in [0.1, 0.15) is 5.75 Å². The van der Waals surface area contributed by atoms with Gasteiger partial charge in [-0.1, -0.05) is 11.6 Å². The molecule has 1 fully saturated rings. The van der Waals surface area contributed by atoms with Crippen LogP contribution in [0.2, 0.25) is 5.02 Å². The zero-order valence-corrected chi connectivity index (χ0v) is 22.6. The van der Waals surface area contributed by atoms with Crippen molar-refractivity contribution in [2.24, 2.45) is 7.05 Å². The molecule has 5 rings (SSSR count). The number of ether oxygens (including phenoxy) is 1. The molecular formula is C28H29ClFN7O2. The Morgan fingerprint density at radius 2 is 1.95 bits per heavy atom. The van der Waals surface area contributed by atoms with Gasteiger partial charge in [0, 0.05) is 78.4 Å². The van der Waals surface area contributed by atoms with Crippen LogP contribution in [0.1, 0.15) is 6.42 Å². The number of likely N-dealkylation sites (N-methyl/N-ethyl adjacent to an activating group) is 1. The smallest absolute Gasteiger partial charge is 0.323 e. The number of aromatic nitrogens is 3. The number of amides is 2. The van der Waals surface area contributed by atoms with Gasteiger partial charge in [0.05, 0.1) is 11.9 Å². The SMILES string of the molecule is CN(C)C1CCN(c2cc(Cl)cc(NC(=O)Nc3ccc(Oc4ccnc(-c5cnn(C)c5)c4)c(F)c3)c2)C1. The minimum absolute atomic E-state index is 0.0189. The number of nitrogens with one attached hydrogen (secondary N) is 2. The third-order valence-electron chi connectivity index (χ3n) is 6.55. The molecule has 2 aromatic heterocycles. The molecule has 0 radical (unpaired) electrons. The molecule has 9 nitrogen and oxygen atoms in total. The van der Waals surface area contributed by atoms with Crippen molar-refractivity contribution in [3.8, 4) is 22.8 Å². The van der Waals surface area contributed by atoms with Crippen molar-refractivity contribution in [3.63, 3.8) is 0 Å². The molecule has 1 unspecified atom stereocenters. The molecule has 2 aromatic carbocycles. The molecular weight excluding hydrogens is 521 g/mol. The minimum Gasteiger partial charge on any atom is -0.454 e. The first-order valence-corrected chi connectivity index (χ1v) is 12.8. The topological polar surface area (TPSA) is 87.6 Å². The molecule has 0 aliphatic carbocycles. The number of anilines is 3. The van der Waals surface area contributed by atoms with E-state index in [2.05, 4.69) is 44.6 Å². The summed E-state index contributed by atoms with van der Waals surface area (Å²) in [7, 11) is 5.96. The fraction of sp³-hybridized carbons (Fsp3) is 0.250. The van der Waals surface area contributed by atoms with Gasteiger partial charge in [0.25, 0.3) is 0 Å². The van der Waals surface area contributed by atoms with Gasteiger partial charge in [-0.25, -0.2) is 9.18 Å². The highest BCUT2D eigenvalue weighted by Gasteiger charge is 2.24. The van der Waals surface area contributed by atoms with Crippen molar-refractivity contribution < 1.29 is 13.9 Å². The van der Waals surface area contributed by atoms with E-state index in [4.69, 9.17) is 16.3 Å². The van der Waals surface area contributed by atoms with E-state index in [1.165, 1.54) is 12.1 Å². The minimum atomic E-state index is -0.623. The quantitative estimate of drug-likeness (QED) is 0.301. The molecule has 3 heterocycles. The Bertz CT molecular complexity index is 1490. The lowest BCUT2D eigenvalue weighted by Gasteiger charge is -2.22. The summed E-state index contributed by atoms with van der Waals surface area (Å²) in [6.07, 6.45) is 6.16. The number of benzene rings is 2. The van der Waals surface area contributed by atoms with E-state index >= 15 is 0 Å². The first-order valence-electron chi connectivity index (χ1n) is 12.5. The van der Waals surface area contributed by atoms with Crippen LogP contribution in [0.3, 0.4) is 0 Å². The normalized spacial score (nSPS) is 15.0. The Kier molecular flexibility index (Phi) is 7.67. The highest BCUT2D eigenvalue weighted by Crippen LogP contribution is 2.31. The summed E-state index contributed by atoms with van der Waals surface area (Å²) in [5.41, 5.74) is 3.24. The Morgan fingerprint density at radius 3 is 2.67 bits per heavy atom. The van der Waals surface area contributed by atoms with Crippen molar-refractivity contribution >= 4 is 34.7 Å². The van der Waals surface area contributed by atoms with Crippen LogP contribution in [0.15, 0.2) is 67.1 Å². The van der Waals surface area contributed by atoms with Crippen LogP contribution in [-0.2, 0) is 7.05 Å². The van der Waals surface area contributed by atoms with Crippen molar-refractivity contribution in [1.82, 2.24) is 19.7 Å². The van der Waals surface area contributed by atoms with E-state index in [0.29, 0.717) is 28.2 Å². The monoisotopic (exact) mass is 549 g/mol. The van der Waals surface area contributed by atoms with Gasteiger partial charge in [0.15, 0.2) is 11.6 Å². The number of hydrogen-bond acceptors (Lipinski definition) is 6. The number of carbonyl (C=O) groups excluding carboxylic acids is 1. The van der Waals surface area contributed by atoms with Gasteiger partial charge in [-0.3, -0.25) is 9.67 Å². The van der Waals surface area contributed by atoms with E-state index in [-0.39, 0.29) is 11.4 Å². The Balaban J connectivity index is 1.22. The Morgan fingerprint density at radius 1 is 1.13 bits per heavy atom. The van der Waals surface area contributed by atoms with E-state index in [1.54, 1.807) is 41.3 Å². The van der Waals surface area contributed by atoms with Gasteiger partial charge in [-0.05, 0) is 56.9 Å². The van der Waals surface area contributed by atoms with Crippen molar-refractivity contribution in [2.75, 3.05) is 42.7 Å². The van der Waals surface area contributed by atoms with Gasteiger partial charge in [-0.15, -0.1) is 0 Å². The van der Waals surface area contributed by atoms with Crippen LogP contribution in [-0.4, -0.2) is 58.9 Å². The van der Waals surface area contributed by atoms with Crippen LogP contribution in [0.5, 0.6) is 11.5 Å². The zero-order chi connectivity index (χ0) is 27.5. The lowest BCUT2D eigenvalue weighted by Crippen LogP contribution is -2.31. The van der Waals surface area contributed by atoms with Crippen LogP contribution in [0.4, 0.5) is 26.2 Å². The summed E-state index contributed by atoms with van der Waals surface area (Å²) in [5, 5.41) is 10.1. The van der Waals surface area contributed by atoms with Crippen LogP contribution in [0.25, 0.3) is 11.3 Å². The summed E-state index contributed by atoms with van der Waals surface area (Å²) in [5.74, 6) is -0.180. The van der Waals surface area contributed by atoms with Crippen LogP contribution < -0.4 is 20.3 Å². The molecule has 1 atom stereocenters. The molecule has 11 heteroatoms. The number of aryl methyl sites for hydroxylation is 1. The van der Waals surface area contributed by atoms with Crippen molar-refractivity contribution in [3.05, 3.63) is 78.0 Å². The predicted octanol–water partition coefficient (Wildman–Crippen LogP) is 5.85. The maximum atomic E-state index is 14.9. The molecule has 0 bridgehead atoms. The van der Waals surface area contributed by atoms with E-state index in [9.17, 15) is 9.18 Å². The van der Waals surface area contributed by atoms with E-state index in [1.807, 2.05) is 25.4 Å². The number of pyridine rings is 1. The zero-order valence-electron chi connectivity index (χ0n) is 21.9. The number of hydrogen-bond donors (Lipinski definition) is 2. The fourth-order valence-corrected chi connectivity index (χ4v) is 4.72. The molecule has 1 aliphatic heterocycles. The second-order valence-electron chi connectivity index (χ2n) is 9.66. The van der Waals surface area contributed by atoms with E-state index < -0.39 is 11.8 Å². The molecule has 1 saturated heterocycles. The third-order valence-corrected chi connectivity index (χ3v) is 6.77. The summed E-state index contributed by atoms with van der Waals surface area (Å²) < 4.78 is 22.3. The van der Waals surface area contributed by atoms with Gasteiger partial charge in [-0.2, -0.15) is 5.10 Å². The van der Waals surface area contributed by atoms with Gasteiger partial charge >= 0.3 is 6.03 Å². The number of rotatable bonds is 7. The van der Waals surface area contributed by atoms with Crippen LogP contribution >= 0.6 is 11.6 Å². The Hall–Kier alpha value is -4.15. The second kappa shape index (κ2) is 11.3. The molecule has 1 aliphatic rings. The molecule has 39 heavy (non-hydrogen) atoms. The molecule has 0 saturated carbocycles. The molecule has 2 amide bonds. The highest BCUT2D eigenvalue weighted by molar-refractivity contribution is 6.31. The highest BCUT2D eigenvalue weighted by atomic mass is 35.5. The number of halogens is 2. The summed E-state index contributed by atoms with van der Waals surface area (Å²) in [6, 6.07) is 13.0. The third kappa shape index (κ3) is 6.47. The van der Waals surface area contributed by atoms with Gasteiger partial charge in [0.2, 0.25) is 0 Å². The Labute approximate surface area is 231 Å².